The lowest BCUT2D eigenvalue weighted by molar-refractivity contribution is -0.143. The smallest absolute Gasteiger partial charge is 0.416 e. The van der Waals surface area contributed by atoms with Crippen molar-refractivity contribution < 1.29 is 36.3 Å². The van der Waals surface area contributed by atoms with Crippen molar-refractivity contribution in [3.63, 3.8) is 0 Å². The van der Waals surface area contributed by atoms with E-state index in [-0.39, 0.29) is 6.42 Å². The van der Waals surface area contributed by atoms with Crippen LogP contribution in [0, 0.1) is 11.6 Å². The van der Waals surface area contributed by atoms with Gasteiger partial charge in [-0.3, -0.25) is 4.79 Å². The van der Waals surface area contributed by atoms with Crippen molar-refractivity contribution in [3.8, 4) is 0 Å². The van der Waals surface area contributed by atoms with Gasteiger partial charge in [-0.1, -0.05) is 12.1 Å². The number of carbonyl (C=O) groups excluding carboxylic acids is 2. The molecule has 9 heteroatoms. The molecule has 2 aromatic rings. The lowest BCUT2D eigenvalue weighted by atomic mass is 10.0. The third kappa shape index (κ3) is 5.25. The van der Waals surface area contributed by atoms with Crippen molar-refractivity contribution in [2.24, 2.45) is 0 Å². The predicted octanol–water partition coefficient (Wildman–Crippen LogP) is 3.50. The maximum absolute atomic E-state index is 13.7. The van der Waals surface area contributed by atoms with Crippen molar-refractivity contribution in [1.29, 1.82) is 0 Å². The van der Waals surface area contributed by atoms with Crippen LogP contribution in [0.25, 0.3) is 0 Å². The molecule has 1 N–H and O–H groups in total. The number of halogens is 5. The van der Waals surface area contributed by atoms with Gasteiger partial charge < -0.3 is 10.1 Å². The summed E-state index contributed by atoms with van der Waals surface area (Å²) < 4.78 is 69.0. The van der Waals surface area contributed by atoms with Crippen LogP contribution in [0.15, 0.2) is 42.5 Å². The number of hydrogen-bond acceptors (Lipinski definition) is 3. The van der Waals surface area contributed by atoms with Gasteiger partial charge in [0.05, 0.1) is 18.2 Å². The topological polar surface area (TPSA) is 55.4 Å². The molecule has 0 fully saturated rings. The Morgan fingerprint density at radius 3 is 2.22 bits per heavy atom. The van der Waals surface area contributed by atoms with E-state index in [9.17, 15) is 31.5 Å². The highest BCUT2D eigenvalue weighted by molar-refractivity contribution is 5.97. The number of nitrogens with one attached hydrogen (secondary N) is 1. The van der Waals surface area contributed by atoms with Crippen LogP contribution in [0.1, 0.15) is 21.5 Å². The summed E-state index contributed by atoms with van der Waals surface area (Å²) in [4.78, 5) is 24.0. The monoisotopic (exact) mass is 387 g/mol. The molecule has 1 amide bonds. The molecule has 2 aromatic carbocycles. The molecule has 0 aliphatic rings. The van der Waals surface area contributed by atoms with E-state index in [0.717, 1.165) is 43.5 Å². The van der Waals surface area contributed by atoms with Crippen LogP contribution >= 0.6 is 0 Å². The second-order valence-corrected chi connectivity index (χ2v) is 5.57. The summed E-state index contributed by atoms with van der Waals surface area (Å²) >= 11 is 0. The maximum Gasteiger partial charge on any atom is 0.416 e. The zero-order valence-corrected chi connectivity index (χ0v) is 13.9. The van der Waals surface area contributed by atoms with Crippen LogP contribution in [0.3, 0.4) is 0 Å². The first-order valence-electron chi connectivity index (χ1n) is 7.61. The molecule has 0 saturated heterocycles. The van der Waals surface area contributed by atoms with Crippen molar-refractivity contribution >= 4 is 11.9 Å². The average molecular weight is 387 g/mol. The zero-order chi connectivity index (χ0) is 20.2. The van der Waals surface area contributed by atoms with Crippen LogP contribution in [-0.2, 0) is 22.1 Å². The molecule has 0 unspecified atom stereocenters. The van der Waals surface area contributed by atoms with E-state index < -0.39 is 46.9 Å². The maximum atomic E-state index is 13.7. The van der Waals surface area contributed by atoms with Gasteiger partial charge in [0.2, 0.25) is 0 Å². The van der Waals surface area contributed by atoms with Crippen LogP contribution in [0.2, 0.25) is 0 Å². The summed E-state index contributed by atoms with van der Waals surface area (Å²) in [5, 5.41) is 2.24. The van der Waals surface area contributed by atoms with Gasteiger partial charge in [-0.25, -0.2) is 13.6 Å². The first kappa shape index (κ1) is 20.3. The van der Waals surface area contributed by atoms with Gasteiger partial charge in [0.1, 0.15) is 17.7 Å². The minimum Gasteiger partial charge on any atom is -0.467 e. The second-order valence-electron chi connectivity index (χ2n) is 5.57. The Labute approximate surface area is 150 Å². The molecular weight excluding hydrogens is 373 g/mol. The number of methoxy groups -OCH3 is 1. The average Bonchev–Trinajstić information content (AvgIpc) is 2.60. The van der Waals surface area contributed by atoms with Crippen molar-refractivity contribution in [2.75, 3.05) is 7.11 Å². The number of alkyl halides is 3. The molecule has 1 atom stereocenters. The van der Waals surface area contributed by atoms with Crippen LogP contribution in [-0.4, -0.2) is 25.0 Å². The molecule has 0 heterocycles. The van der Waals surface area contributed by atoms with Crippen LogP contribution < -0.4 is 5.32 Å². The Morgan fingerprint density at radius 1 is 1.07 bits per heavy atom. The highest BCUT2D eigenvalue weighted by Crippen LogP contribution is 2.29. The van der Waals surface area contributed by atoms with E-state index >= 15 is 0 Å². The Bertz CT molecular complexity index is 834. The number of esters is 1. The number of ether oxygens (including phenoxy) is 1. The fourth-order valence-electron chi connectivity index (χ4n) is 2.31. The molecule has 0 aliphatic heterocycles. The van der Waals surface area contributed by atoms with Crippen molar-refractivity contribution in [3.05, 3.63) is 70.8 Å². The highest BCUT2D eigenvalue weighted by Gasteiger charge is 2.30. The fraction of sp³-hybridized carbons (Fsp3) is 0.222. The number of benzene rings is 2. The van der Waals surface area contributed by atoms with E-state index in [1.165, 1.54) is 0 Å². The summed E-state index contributed by atoms with van der Waals surface area (Å²) in [6.45, 7) is 0. The zero-order valence-electron chi connectivity index (χ0n) is 13.9. The summed E-state index contributed by atoms with van der Waals surface area (Å²) in [7, 11) is 1.06. The molecule has 0 bridgehead atoms. The van der Waals surface area contributed by atoms with Crippen LogP contribution in [0.5, 0.6) is 0 Å². The van der Waals surface area contributed by atoms with Gasteiger partial charge in [0.25, 0.3) is 5.91 Å². The van der Waals surface area contributed by atoms with Gasteiger partial charge in [-0.05, 0) is 29.8 Å². The molecule has 144 valence electrons. The van der Waals surface area contributed by atoms with Gasteiger partial charge >= 0.3 is 12.1 Å². The molecule has 2 rings (SSSR count). The molecule has 0 aromatic heterocycles. The Kier molecular flexibility index (Phi) is 6.14. The normalized spacial score (nSPS) is 12.4. The lowest BCUT2D eigenvalue weighted by Gasteiger charge is -2.17. The van der Waals surface area contributed by atoms with Crippen molar-refractivity contribution in [1.82, 2.24) is 5.32 Å². The van der Waals surface area contributed by atoms with Crippen molar-refractivity contribution in [2.45, 2.75) is 18.6 Å². The minimum absolute atomic E-state index is 0.181. The van der Waals surface area contributed by atoms with Gasteiger partial charge in [-0.15, -0.1) is 0 Å². The molecular formula is C18H14F5NO3. The third-order valence-corrected chi connectivity index (χ3v) is 3.69. The standard InChI is InChI=1S/C18H14F5NO3/c1-27-17(26)15(8-10-2-4-11(5-3-10)18(21,22)23)24-16(25)13-7-6-12(19)9-14(13)20/h2-7,9,15H,8H2,1H3,(H,24,25)/t15-/m0/s1. The molecule has 27 heavy (non-hydrogen) atoms. The van der Waals surface area contributed by atoms with Gasteiger partial charge in [0.15, 0.2) is 0 Å². The summed E-state index contributed by atoms with van der Waals surface area (Å²) in [6.07, 6.45) is -4.69. The summed E-state index contributed by atoms with van der Waals surface area (Å²) in [5.41, 5.74) is -1.03. The number of hydrogen-bond donors (Lipinski definition) is 1. The lowest BCUT2D eigenvalue weighted by Crippen LogP contribution is -2.43. The second kappa shape index (κ2) is 8.15. The number of carbonyl (C=O) groups is 2. The third-order valence-electron chi connectivity index (χ3n) is 3.69. The van der Waals surface area contributed by atoms with E-state index in [4.69, 9.17) is 0 Å². The SMILES string of the molecule is COC(=O)[C@H](Cc1ccc(C(F)(F)F)cc1)NC(=O)c1ccc(F)cc1F. The first-order valence-corrected chi connectivity index (χ1v) is 7.61. The Hall–Kier alpha value is -2.97. The molecule has 0 saturated carbocycles. The van der Waals surface area contributed by atoms with Gasteiger partial charge in [-0.2, -0.15) is 13.2 Å². The predicted molar refractivity (Wildman–Crippen MR) is 84.8 cm³/mol. The number of rotatable bonds is 5. The Morgan fingerprint density at radius 2 is 1.70 bits per heavy atom. The number of amides is 1. The molecule has 4 nitrogen and oxygen atoms in total. The van der Waals surface area contributed by atoms with E-state index in [0.29, 0.717) is 11.6 Å². The fourth-order valence-corrected chi connectivity index (χ4v) is 2.31. The van der Waals surface area contributed by atoms with E-state index in [2.05, 4.69) is 10.1 Å². The van der Waals surface area contributed by atoms with Crippen LogP contribution in [0.4, 0.5) is 22.0 Å². The quantitative estimate of drug-likeness (QED) is 0.631. The molecule has 0 radical (unpaired) electrons. The van der Waals surface area contributed by atoms with E-state index in [1.54, 1.807) is 0 Å². The molecule has 0 spiro atoms. The largest absolute Gasteiger partial charge is 0.467 e. The first-order chi connectivity index (χ1) is 12.6. The minimum atomic E-state index is -4.51. The van der Waals surface area contributed by atoms with E-state index in [1.807, 2.05) is 0 Å². The van der Waals surface area contributed by atoms with Gasteiger partial charge in [0, 0.05) is 12.5 Å². The Balaban J connectivity index is 2.18. The molecule has 0 aliphatic carbocycles. The summed E-state index contributed by atoms with van der Waals surface area (Å²) in [6, 6.07) is 5.01. The highest BCUT2D eigenvalue weighted by atomic mass is 19.4. The summed E-state index contributed by atoms with van der Waals surface area (Å²) in [5.74, 6) is -3.86.